The molecule has 0 aliphatic heterocycles. The van der Waals surface area contributed by atoms with E-state index in [1.165, 1.54) is 0 Å². The molecular formula is C13H26N2O5. The van der Waals surface area contributed by atoms with Crippen molar-refractivity contribution in [1.82, 2.24) is 5.32 Å². The van der Waals surface area contributed by atoms with Gasteiger partial charge in [0.2, 0.25) is 0 Å². The van der Waals surface area contributed by atoms with Crippen molar-refractivity contribution in [3.63, 3.8) is 0 Å². The topological polar surface area (TPSA) is 111 Å². The summed E-state index contributed by atoms with van der Waals surface area (Å²) < 4.78 is 9.93. The van der Waals surface area contributed by atoms with Gasteiger partial charge in [-0.25, -0.2) is 9.59 Å². The number of carbonyl (C=O) groups excluding carboxylic acids is 2. The first-order valence-electron chi connectivity index (χ1n) is 6.55. The van der Waals surface area contributed by atoms with E-state index in [2.05, 4.69) is 5.32 Å². The van der Waals surface area contributed by atoms with Gasteiger partial charge in [0.25, 0.3) is 0 Å². The van der Waals surface area contributed by atoms with Gasteiger partial charge in [0.15, 0.2) is 0 Å². The van der Waals surface area contributed by atoms with Gasteiger partial charge in [-0.1, -0.05) is 0 Å². The van der Waals surface area contributed by atoms with Gasteiger partial charge in [0, 0.05) is 6.54 Å². The van der Waals surface area contributed by atoms with Crippen LogP contribution in [0.15, 0.2) is 0 Å². The summed E-state index contributed by atoms with van der Waals surface area (Å²) in [4.78, 5) is 22.1. The lowest BCUT2D eigenvalue weighted by Crippen LogP contribution is -2.38. The molecule has 7 nitrogen and oxygen atoms in total. The monoisotopic (exact) mass is 290 g/mol. The van der Waals surface area contributed by atoms with Gasteiger partial charge in [0.1, 0.15) is 11.2 Å². The minimum Gasteiger partial charge on any atom is -0.444 e. The highest BCUT2D eigenvalue weighted by Crippen LogP contribution is 2.17. The smallest absolute Gasteiger partial charge is 0.407 e. The molecule has 0 aliphatic carbocycles. The Morgan fingerprint density at radius 2 is 1.75 bits per heavy atom. The molecule has 0 aromatic carbocycles. The number of carbonyl (C=O) groups is 2. The second kappa shape index (κ2) is 7.33. The number of nitrogens with one attached hydrogen (secondary N) is 1. The van der Waals surface area contributed by atoms with Crippen molar-refractivity contribution in [1.29, 1.82) is 0 Å². The van der Waals surface area contributed by atoms with Crippen LogP contribution in [0.3, 0.4) is 0 Å². The van der Waals surface area contributed by atoms with Crippen LogP contribution in [0.1, 0.15) is 47.5 Å². The van der Waals surface area contributed by atoms with E-state index in [1.54, 1.807) is 34.6 Å². The molecule has 4 N–H and O–H groups in total. The highest BCUT2D eigenvalue weighted by molar-refractivity contribution is 5.67. The Bertz CT molecular complexity index is 336. The first-order valence-corrected chi connectivity index (χ1v) is 6.55. The molecule has 0 heterocycles. The van der Waals surface area contributed by atoms with E-state index >= 15 is 0 Å². The summed E-state index contributed by atoms with van der Waals surface area (Å²) in [7, 11) is 0. The molecule has 0 saturated carbocycles. The molecule has 1 atom stereocenters. The summed E-state index contributed by atoms with van der Waals surface area (Å²) in [6, 6.07) is 0. The highest BCUT2D eigenvalue weighted by atomic mass is 16.6. The highest BCUT2D eigenvalue weighted by Gasteiger charge is 2.23. The van der Waals surface area contributed by atoms with E-state index in [-0.39, 0.29) is 6.54 Å². The number of ether oxygens (including phenoxy) is 2. The van der Waals surface area contributed by atoms with Crippen molar-refractivity contribution in [2.45, 2.75) is 64.8 Å². The molecular weight excluding hydrogens is 264 g/mol. The van der Waals surface area contributed by atoms with E-state index in [0.717, 1.165) is 0 Å². The second-order valence-electron chi connectivity index (χ2n) is 6.26. The number of hydrogen-bond acceptors (Lipinski definition) is 5. The molecule has 20 heavy (non-hydrogen) atoms. The van der Waals surface area contributed by atoms with Crippen LogP contribution in [0, 0.1) is 0 Å². The first-order chi connectivity index (χ1) is 8.91. The van der Waals surface area contributed by atoms with Gasteiger partial charge in [-0.05, 0) is 47.5 Å². The largest absolute Gasteiger partial charge is 0.444 e. The van der Waals surface area contributed by atoms with Gasteiger partial charge in [-0.3, -0.25) is 0 Å². The zero-order valence-corrected chi connectivity index (χ0v) is 12.9. The fourth-order valence-electron chi connectivity index (χ4n) is 1.45. The summed E-state index contributed by atoms with van der Waals surface area (Å²) in [5, 5.41) is 12.2. The second-order valence-corrected chi connectivity index (χ2v) is 6.26. The third-order valence-corrected chi connectivity index (χ3v) is 2.34. The van der Waals surface area contributed by atoms with Crippen LogP contribution in [0.5, 0.6) is 0 Å². The standard InChI is InChI=1S/C13H26N2O5/c1-12(2,3)20-11(18)15-8-9(16)6-7-13(4,5)19-10(14)17/h9,16H,6-8H2,1-5H3,(H2,14,17)(H,15,18). The van der Waals surface area contributed by atoms with Gasteiger partial charge in [0.05, 0.1) is 6.10 Å². The fraction of sp³-hybridized carbons (Fsp3) is 0.846. The predicted molar refractivity (Wildman–Crippen MR) is 74.2 cm³/mol. The van der Waals surface area contributed by atoms with Gasteiger partial charge >= 0.3 is 12.2 Å². The number of alkyl carbamates (subject to hydrolysis) is 1. The number of nitrogens with two attached hydrogens (primary N) is 1. The number of hydrogen-bond donors (Lipinski definition) is 3. The Labute approximate surface area is 119 Å². The van der Waals surface area contributed by atoms with E-state index in [1.807, 2.05) is 0 Å². The number of aliphatic hydroxyl groups is 1. The third-order valence-electron chi connectivity index (χ3n) is 2.34. The molecule has 0 bridgehead atoms. The lowest BCUT2D eigenvalue weighted by Gasteiger charge is -2.25. The Morgan fingerprint density at radius 3 is 2.20 bits per heavy atom. The molecule has 0 saturated heterocycles. The van der Waals surface area contributed by atoms with E-state index in [4.69, 9.17) is 15.2 Å². The van der Waals surface area contributed by atoms with Crippen molar-refractivity contribution in [2.24, 2.45) is 5.73 Å². The van der Waals surface area contributed by atoms with Crippen LogP contribution < -0.4 is 11.1 Å². The molecule has 0 radical (unpaired) electrons. The number of aliphatic hydroxyl groups excluding tert-OH is 1. The fourth-order valence-corrected chi connectivity index (χ4v) is 1.45. The quantitative estimate of drug-likeness (QED) is 0.687. The molecule has 2 amide bonds. The van der Waals surface area contributed by atoms with E-state index in [0.29, 0.717) is 12.8 Å². The minimum absolute atomic E-state index is 0.0710. The van der Waals surface area contributed by atoms with Crippen LogP contribution in [0.4, 0.5) is 9.59 Å². The summed E-state index contributed by atoms with van der Waals surface area (Å²) >= 11 is 0. The van der Waals surface area contributed by atoms with Crippen LogP contribution in [-0.4, -0.2) is 41.1 Å². The van der Waals surface area contributed by atoms with Crippen LogP contribution >= 0.6 is 0 Å². The Kier molecular flexibility index (Phi) is 6.78. The Morgan fingerprint density at radius 1 is 1.20 bits per heavy atom. The number of primary amides is 1. The maximum absolute atomic E-state index is 11.4. The number of amides is 2. The third kappa shape index (κ3) is 10.4. The minimum atomic E-state index is -0.851. The van der Waals surface area contributed by atoms with Crippen molar-refractivity contribution >= 4 is 12.2 Å². The van der Waals surface area contributed by atoms with Crippen molar-refractivity contribution in [3.8, 4) is 0 Å². The van der Waals surface area contributed by atoms with Crippen molar-refractivity contribution in [3.05, 3.63) is 0 Å². The average molecular weight is 290 g/mol. The summed E-state index contributed by atoms with van der Waals surface area (Å²) in [5.41, 5.74) is 3.62. The van der Waals surface area contributed by atoms with Gasteiger partial charge in [-0.2, -0.15) is 0 Å². The molecule has 7 heteroatoms. The van der Waals surface area contributed by atoms with Gasteiger partial charge < -0.3 is 25.6 Å². The molecule has 1 unspecified atom stereocenters. The molecule has 0 rings (SSSR count). The average Bonchev–Trinajstić information content (AvgIpc) is 2.19. The molecule has 0 aromatic rings. The summed E-state index contributed by atoms with van der Waals surface area (Å²) in [6.45, 7) is 8.74. The van der Waals surface area contributed by atoms with E-state index < -0.39 is 29.5 Å². The van der Waals surface area contributed by atoms with Crippen LogP contribution in [0.25, 0.3) is 0 Å². The SMILES string of the molecule is CC(C)(C)OC(=O)NCC(O)CCC(C)(C)OC(N)=O. The zero-order valence-electron chi connectivity index (χ0n) is 12.9. The van der Waals surface area contributed by atoms with E-state index in [9.17, 15) is 14.7 Å². The van der Waals surface area contributed by atoms with Gasteiger partial charge in [-0.15, -0.1) is 0 Å². The Balaban J connectivity index is 3.98. The predicted octanol–water partition coefficient (Wildman–Crippen LogP) is 1.53. The molecule has 0 spiro atoms. The van der Waals surface area contributed by atoms with Crippen molar-refractivity contribution in [2.75, 3.05) is 6.54 Å². The van der Waals surface area contributed by atoms with Crippen LogP contribution in [-0.2, 0) is 9.47 Å². The van der Waals surface area contributed by atoms with Crippen molar-refractivity contribution < 1.29 is 24.2 Å². The molecule has 0 fully saturated rings. The first kappa shape index (κ1) is 18.5. The normalized spacial score (nSPS) is 13.5. The Hall–Kier alpha value is -1.50. The molecule has 0 aromatic heterocycles. The lowest BCUT2D eigenvalue weighted by molar-refractivity contribution is 0.0244. The number of rotatable bonds is 6. The summed E-state index contributed by atoms with van der Waals surface area (Å²) in [6.07, 6.45) is -1.40. The zero-order chi connectivity index (χ0) is 16.0. The molecule has 0 aliphatic rings. The maximum Gasteiger partial charge on any atom is 0.407 e. The summed E-state index contributed by atoms with van der Waals surface area (Å²) in [5.74, 6) is 0. The molecule has 118 valence electrons. The maximum atomic E-state index is 11.4. The van der Waals surface area contributed by atoms with Crippen LogP contribution in [0.2, 0.25) is 0 Å². The lowest BCUT2D eigenvalue weighted by atomic mass is 10.00.